The lowest BCUT2D eigenvalue weighted by atomic mass is 10.8. The Morgan fingerprint density at radius 3 is 2.00 bits per heavy atom. The van der Waals surface area contributed by atoms with Crippen LogP contribution in [-0.2, 0) is 0 Å². The van der Waals surface area contributed by atoms with Crippen molar-refractivity contribution in [3.63, 3.8) is 0 Å². The number of allylic oxidation sites excluding steroid dienone is 1. The van der Waals surface area contributed by atoms with Gasteiger partial charge >= 0.3 is 0 Å². The molecule has 0 bridgehead atoms. The van der Waals surface area contributed by atoms with E-state index in [2.05, 4.69) is 38.5 Å². The quantitative estimate of drug-likeness (QED) is 0.598. The van der Waals surface area contributed by atoms with Crippen LogP contribution in [0.5, 0.6) is 0 Å². The molecule has 0 spiro atoms. The lowest BCUT2D eigenvalue weighted by molar-refractivity contribution is 1.71. The van der Waals surface area contributed by atoms with Crippen LogP contribution in [0.1, 0.15) is 6.92 Å². The predicted molar refractivity (Wildman–Crippen MR) is 41.5 cm³/mol. The fourth-order valence-corrected chi connectivity index (χ4v) is 0. The van der Waals surface area contributed by atoms with Crippen molar-refractivity contribution in [3.05, 3.63) is 7.52 Å². The summed E-state index contributed by atoms with van der Waals surface area (Å²) in [6.45, 7) is 1.83. The first kappa shape index (κ1) is 7.24. The first-order chi connectivity index (χ1) is 2.64. The van der Waals surface area contributed by atoms with Gasteiger partial charge in [0.2, 0.25) is 0 Å². The van der Waals surface area contributed by atoms with E-state index in [1.807, 2.05) is 6.92 Å². The summed E-state index contributed by atoms with van der Waals surface area (Å²) in [7, 11) is 0. The van der Waals surface area contributed by atoms with Gasteiger partial charge in [0.25, 0.3) is 0 Å². The summed E-state index contributed by atoms with van der Waals surface area (Å²) in [5.41, 5.74) is 0. The number of hydrogen-bond donors (Lipinski definition) is 0. The van der Waals surface area contributed by atoms with Crippen LogP contribution in [0.2, 0.25) is 0 Å². The Balaban J connectivity index is 3.68. The third-order valence-electron chi connectivity index (χ3n) is 0.260. The maximum absolute atomic E-state index is 5.44. The third kappa shape index (κ3) is 3.43. The van der Waals surface area contributed by atoms with Crippen molar-refractivity contribution in [3.8, 4) is 0 Å². The van der Waals surface area contributed by atoms with Gasteiger partial charge in [-0.2, -0.15) is 0 Å². The maximum Gasteiger partial charge on any atom is 0.0701 e. The largest absolute Gasteiger partial charge is 0.0877 e. The van der Waals surface area contributed by atoms with Crippen molar-refractivity contribution in [2.24, 2.45) is 0 Å². The highest BCUT2D eigenvalue weighted by molar-refractivity contribution is 14.1. The van der Waals surface area contributed by atoms with Crippen molar-refractivity contribution in [2.75, 3.05) is 0 Å². The Morgan fingerprint density at radius 1 is 1.83 bits per heavy atom. The van der Waals surface area contributed by atoms with Gasteiger partial charge in [0, 0.05) is 5.03 Å². The smallest absolute Gasteiger partial charge is 0.0701 e. The van der Waals surface area contributed by atoms with E-state index in [1.165, 1.54) is 0 Å². The number of hydrogen-bond acceptors (Lipinski definition) is 0. The zero-order chi connectivity index (χ0) is 5.15. The SMILES string of the molecule is C/C(Cl)=C(/Br)I. The van der Waals surface area contributed by atoms with Crippen LogP contribution in [0.25, 0.3) is 0 Å². The van der Waals surface area contributed by atoms with E-state index < -0.39 is 0 Å². The Hall–Kier alpha value is 1.24. The first-order valence-electron chi connectivity index (χ1n) is 1.32. The molecule has 0 aliphatic rings. The van der Waals surface area contributed by atoms with Gasteiger partial charge in [0.05, 0.1) is 2.49 Å². The van der Waals surface area contributed by atoms with E-state index in [4.69, 9.17) is 11.6 Å². The van der Waals surface area contributed by atoms with Crippen LogP contribution in [0.4, 0.5) is 0 Å². The monoisotopic (exact) mass is 280 g/mol. The average molecular weight is 281 g/mol. The molecule has 0 amide bonds. The Bertz CT molecular complexity index is 60.9. The molecular formula is C3H3BrClI. The highest BCUT2D eigenvalue weighted by Gasteiger charge is 1.83. The Morgan fingerprint density at radius 2 is 2.00 bits per heavy atom. The summed E-state index contributed by atoms with van der Waals surface area (Å²) < 4.78 is 0.974. The predicted octanol–water partition coefficient (Wildman–Crippen LogP) is 3.24. The van der Waals surface area contributed by atoms with Crippen molar-refractivity contribution >= 4 is 50.1 Å². The van der Waals surface area contributed by atoms with Crippen molar-refractivity contribution in [2.45, 2.75) is 6.92 Å². The van der Waals surface area contributed by atoms with Gasteiger partial charge in [-0.1, -0.05) is 11.6 Å². The van der Waals surface area contributed by atoms with E-state index >= 15 is 0 Å². The van der Waals surface area contributed by atoms with Gasteiger partial charge in [0.15, 0.2) is 0 Å². The fourth-order valence-electron chi connectivity index (χ4n) is 0. The third-order valence-corrected chi connectivity index (χ3v) is 2.40. The molecule has 0 rings (SSSR count). The van der Waals surface area contributed by atoms with E-state index in [-0.39, 0.29) is 0 Å². The molecule has 0 saturated heterocycles. The second-order valence-electron chi connectivity index (χ2n) is 0.794. The molecule has 0 aromatic carbocycles. The summed E-state index contributed by atoms with van der Waals surface area (Å²) in [5, 5.41) is 0.801. The minimum Gasteiger partial charge on any atom is -0.0877 e. The van der Waals surface area contributed by atoms with E-state index in [1.54, 1.807) is 0 Å². The zero-order valence-corrected chi connectivity index (χ0v) is 7.63. The fraction of sp³-hybridized carbons (Fsp3) is 0.333. The molecule has 0 aromatic heterocycles. The molecule has 0 saturated carbocycles. The molecule has 0 aliphatic heterocycles. The topological polar surface area (TPSA) is 0 Å². The molecule has 0 heterocycles. The number of rotatable bonds is 0. The van der Waals surface area contributed by atoms with Crippen LogP contribution in [0.3, 0.4) is 0 Å². The van der Waals surface area contributed by atoms with Gasteiger partial charge < -0.3 is 0 Å². The summed E-state index contributed by atoms with van der Waals surface area (Å²) in [4.78, 5) is 0. The minimum atomic E-state index is 0.801. The molecule has 0 radical (unpaired) electrons. The van der Waals surface area contributed by atoms with Crippen LogP contribution >= 0.6 is 50.1 Å². The van der Waals surface area contributed by atoms with E-state index in [0.717, 1.165) is 7.52 Å². The summed E-state index contributed by atoms with van der Waals surface area (Å²) >= 11 is 10.7. The van der Waals surface area contributed by atoms with Crippen LogP contribution < -0.4 is 0 Å². The zero-order valence-electron chi connectivity index (χ0n) is 3.13. The molecule has 0 aromatic rings. The summed E-state index contributed by atoms with van der Waals surface area (Å²) in [6.07, 6.45) is 0. The highest BCUT2D eigenvalue weighted by atomic mass is 127. The normalized spacial score (nSPS) is 14.0. The summed E-state index contributed by atoms with van der Waals surface area (Å²) in [6, 6.07) is 0. The molecule has 6 heavy (non-hydrogen) atoms. The Labute approximate surface area is 64.2 Å². The van der Waals surface area contributed by atoms with Gasteiger partial charge in [-0.15, -0.1) is 0 Å². The molecule has 0 aliphatic carbocycles. The second kappa shape index (κ2) is 3.27. The number of halogens is 3. The van der Waals surface area contributed by atoms with Crippen molar-refractivity contribution < 1.29 is 0 Å². The molecular weight excluding hydrogens is 278 g/mol. The van der Waals surface area contributed by atoms with E-state index in [9.17, 15) is 0 Å². The molecule has 0 atom stereocenters. The second-order valence-corrected chi connectivity index (χ2v) is 4.72. The molecule has 0 N–H and O–H groups in total. The van der Waals surface area contributed by atoms with Gasteiger partial charge in [-0.25, -0.2) is 0 Å². The van der Waals surface area contributed by atoms with Gasteiger partial charge in [0.1, 0.15) is 0 Å². The average Bonchev–Trinajstić information content (AvgIpc) is 1.36. The minimum absolute atomic E-state index is 0.801. The molecule has 0 nitrogen and oxygen atoms in total. The van der Waals surface area contributed by atoms with Crippen LogP contribution in [0, 0.1) is 0 Å². The Kier molecular flexibility index (Phi) is 3.94. The van der Waals surface area contributed by atoms with Gasteiger partial charge in [-0.3, -0.25) is 0 Å². The lowest BCUT2D eigenvalue weighted by Crippen LogP contribution is -1.51. The van der Waals surface area contributed by atoms with Crippen molar-refractivity contribution in [1.29, 1.82) is 0 Å². The van der Waals surface area contributed by atoms with Crippen LogP contribution in [-0.4, -0.2) is 0 Å². The standard InChI is InChI=1S/C3H3BrClI/c1-2(5)3(4)6/h1H3/b3-2+. The van der Waals surface area contributed by atoms with Crippen LogP contribution in [0.15, 0.2) is 7.52 Å². The van der Waals surface area contributed by atoms with E-state index in [0.29, 0.717) is 0 Å². The maximum atomic E-state index is 5.44. The molecule has 0 fully saturated rings. The van der Waals surface area contributed by atoms with Gasteiger partial charge in [-0.05, 0) is 45.4 Å². The molecule has 3 heteroatoms. The van der Waals surface area contributed by atoms with Crippen molar-refractivity contribution in [1.82, 2.24) is 0 Å². The summed E-state index contributed by atoms with van der Waals surface area (Å²) in [5.74, 6) is 0. The first-order valence-corrected chi connectivity index (χ1v) is 3.57. The molecule has 0 unspecified atom stereocenters. The highest BCUT2D eigenvalue weighted by Crippen LogP contribution is 2.21. The lowest BCUT2D eigenvalue weighted by Gasteiger charge is -1.80. The molecule has 36 valence electrons.